The molecule has 132 valence electrons. The minimum absolute atomic E-state index is 0.293. The van der Waals surface area contributed by atoms with Gasteiger partial charge in [0.25, 0.3) is 0 Å². The van der Waals surface area contributed by atoms with Gasteiger partial charge >= 0.3 is 0 Å². The Morgan fingerprint density at radius 1 is 1.52 bits per heavy atom. The Balaban J connectivity index is 1.96. The average molecular weight is 379 g/mol. The van der Waals surface area contributed by atoms with Crippen molar-refractivity contribution in [1.29, 1.82) is 0 Å². The second-order valence-electron chi connectivity index (χ2n) is 5.44. The van der Waals surface area contributed by atoms with Gasteiger partial charge in [-0.2, -0.15) is 5.10 Å². The zero-order chi connectivity index (χ0) is 17.8. The lowest BCUT2D eigenvalue weighted by atomic mass is 10.1. The summed E-state index contributed by atoms with van der Waals surface area (Å²) in [5, 5.41) is 9.36. The van der Waals surface area contributed by atoms with Crippen LogP contribution in [0.3, 0.4) is 0 Å². The van der Waals surface area contributed by atoms with Crippen molar-refractivity contribution in [3.05, 3.63) is 40.0 Å². The fraction of sp³-hybridized carbons (Fsp3) is 0.267. The number of nitrogens with one attached hydrogen (secondary N) is 1. The molecule has 0 aromatic carbocycles. The number of thiazole rings is 1. The van der Waals surface area contributed by atoms with Gasteiger partial charge in [0.05, 0.1) is 17.8 Å². The van der Waals surface area contributed by atoms with Gasteiger partial charge in [-0.05, 0) is 6.07 Å². The molecule has 0 saturated carbocycles. The summed E-state index contributed by atoms with van der Waals surface area (Å²) in [6.45, 7) is 2.13. The molecule has 0 saturated heterocycles. The predicted molar refractivity (Wildman–Crippen MR) is 102 cm³/mol. The monoisotopic (exact) mass is 378 g/mol. The van der Waals surface area contributed by atoms with E-state index in [4.69, 9.17) is 34.0 Å². The molecule has 3 heterocycles. The number of aromatic nitrogens is 2. The van der Waals surface area contributed by atoms with Crippen LogP contribution in [-0.4, -0.2) is 33.9 Å². The first-order valence-corrected chi connectivity index (χ1v) is 8.90. The van der Waals surface area contributed by atoms with Crippen LogP contribution >= 0.6 is 22.9 Å². The molecule has 0 radical (unpaired) electrons. The first-order valence-electron chi connectivity index (χ1n) is 7.65. The van der Waals surface area contributed by atoms with Crippen LogP contribution in [0.1, 0.15) is 16.1 Å². The number of fused-ring (bicyclic) bond motifs is 1. The van der Waals surface area contributed by atoms with Gasteiger partial charge in [0, 0.05) is 41.7 Å². The van der Waals surface area contributed by atoms with E-state index >= 15 is 0 Å². The van der Waals surface area contributed by atoms with Crippen LogP contribution in [0.5, 0.6) is 0 Å². The van der Waals surface area contributed by atoms with Crippen LogP contribution in [-0.2, 0) is 13.0 Å². The summed E-state index contributed by atoms with van der Waals surface area (Å²) in [6.07, 6.45) is 4.30. The van der Waals surface area contributed by atoms with Crippen LogP contribution in [0.4, 0.5) is 5.82 Å². The van der Waals surface area contributed by atoms with E-state index in [-0.39, 0.29) is 0 Å². The number of anilines is 1. The molecule has 8 nitrogen and oxygen atoms in total. The molecular weight excluding hydrogens is 360 g/mol. The molecule has 0 unspecified atom stereocenters. The number of hydrogen-bond donors (Lipinski definition) is 4. The number of rotatable bonds is 4. The topological polar surface area (TPSA) is 131 Å². The highest BCUT2D eigenvalue weighted by molar-refractivity contribution is 7.15. The van der Waals surface area contributed by atoms with E-state index in [0.29, 0.717) is 23.8 Å². The summed E-state index contributed by atoms with van der Waals surface area (Å²) in [6, 6.07) is 1.86. The van der Waals surface area contributed by atoms with Crippen molar-refractivity contribution in [3.8, 4) is 10.6 Å². The van der Waals surface area contributed by atoms with Crippen LogP contribution < -0.4 is 22.7 Å². The van der Waals surface area contributed by atoms with Crippen molar-refractivity contribution in [1.82, 2.24) is 20.3 Å². The molecule has 2 aromatic heterocycles. The van der Waals surface area contributed by atoms with Crippen molar-refractivity contribution < 1.29 is 0 Å². The van der Waals surface area contributed by atoms with Crippen LogP contribution in [0.2, 0.25) is 0 Å². The summed E-state index contributed by atoms with van der Waals surface area (Å²) in [5.41, 5.74) is 9.92. The zero-order valence-corrected chi connectivity index (χ0v) is 15.0. The van der Waals surface area contributed by atoms with Gasteiger partial charge < -0.3 is 16.9 Å². The van der Waals surface area contributed by atoms with E-state index in [2.05, 4.69) is 15.4 Å². The van der Waals surface area contributed by atoms with Crippen LogP contribution in [0.25, 0.3) is 10.6 Å². The molecule has 10 heteroatoms. The molecule has 1 aliphatic rings. The minimum Gasteiger partial charge on any atom is -0.383 e. The molecule has 0 bridgehead atoms. The maximum absolute atomic E-state index is 6.01. The number of nitrogen functional groups attached to an aromatic ring is 1. The normalized spacial score (nSPS) is 14.7. The van der Waals surface area contributed by atoms with Gasteiger partial charge in [-0.1, -0.05) is 17.7 Å². The summed E-state index contributed by atoms with van der Waals surface area (Å²) < 4.78 is 0. The maximum atomic E-state index is 6.01. The Kier molecular flexibility index (Phi) is 5.49. The summed E-state index contributed by atoms with van der Waals surface area (Å²) >= 11 is 7.19. The van der Waals surface area contributed by atoms with Gasteiger partial charge in [-0.25, -0.2) is 15.8 Å². The number of hydrazone groups is 1. The highest BCUT2D eigenvalue weighted by atomic mass is 35.5. The predicted octanol–water partition coefficient (Wildman–Crippen LogP) is 0.982. The smallest absolute Gasteiger partial charge is 0.173 e. The number of halogens is 1. The summed E-state index contributed by atoms with van der Waals surface area (Å²) in [4.78, 5) is 10.2. The third kappa shape index (κ3) is 3.74. The lowest BCUT2D eigenvalue weighted by Gasteiger charge is -2.19. The molecule has 2 aromatic rings. The summed E-state index contributed by atoms with van der Waals surface area (Å²) in [5.74, 6) is 12.1. The quantitative estimate of drug-likeness (QED) is 0.270. The van der Waals surface area contributed by atoms with E-state index < -0.39 is 0 Å². The van der Waals surface area contributed by atoms with Gasteiger partial charge in [0.15, 0.2) is 5.84 Å². The standard InChI is InChI=1S/C15H19ClN8S/c16-3-1-5-24(19)14(23-18)10-6-9(7-21-13(10)17)15-22-11-2-4-20-8-12(11)25-15/h1,3,6-7,20H,2,4-5,8,18-19H2,(H2,17,21)/b3-1+,23-14-. The van der Waals surface area contributed by atoms with Crippen molar-refractivity contribution in [2.75, 3.05) is 18.8 Å². The Bertz CT molecular complexity index is 792. The van der Waals surface area contributed by atoms with Crippen LogP contribution in [0, 0.1) is 0 Å². The molecule has 0 spiro atoms. The highest BCUT2D eigenvalue weighted by Gasteiger charge is 2.19. The first kappa shape index (κ1) is 17.6. The summed E-state index contributed by atoms with van der Waals surface area (Å²) in [7, 11) is 0. The minimum atomic E-state index is 0.293. The lowest BCUT2D eigenvalue weighted by Crippen LogP contribution is -2.39. The van der Waals surface area contributed by atoms with Crippen molar-refractivity contribution in [3.63, 3.8) is 0 Å². The molecule has 0 amide bonds. The van der Waals surface area contributed by atoms with E-state index in [0.717, 1.165) is 35.8 Å². The molecule has 0 fully saturated rings. The third-order valence-corrected chi connectivity index (χ3v) is 5.12. The van der Waals surface area contributed by atoms with Crippen molar-refractivity contribution in [2.24, 2.45) is 16.8 Å². The Morgan fingerprint density at radius 2 is 2.36 bits per heavy atom. The fourth-order valence-electron chi connectivity index (χ4n) is 2.56. The largest absolute Gasteiger partial charge is 0.383 e. The number of pyridine rings is 1. The van der Waals surface area contributed by atoms with Gasteiger partial charge in [-0.15, -0.1) is 11.3 Å². The number of hydrazine groups is 1. The fourth-order valence-corrected chi connectivity index (χ4v) is 3.70. The van der Waals surface area contributed by atoms with Crippen molar-refractivity contribution >= 4 is 34.6 Å². The number of nitrogens with zero attached hydrogens (tertiary/aromatic N) is 4. The average Bonchev–Trinajstić information content (AvgIpc) is 3.06. The third-order valence-electron chi connectivity index (χ3n) is 3.79. The molecule has 3 rings (SSSR count). The Morgan fingerprint density at radius 3 is 3.08 bits per heavy atom. The zero-order valence-electron chi connectivity index (χ0n) is 13.4. The molecule has 0 aliphatic carbocycles. The van der Waals surface area contributed by atoms with E-state index in [9.17, 15) is 0 Å². The molecule has 7 N–H and O–H groups in total. The Labute approximate surface area is 154 Å². The van der Waals surface area contributed by atoms with Gasteiger partial charge in [-0.3, -0.25) is 5.01 Å². The molecule has 25 heavy (non-hydrogen) atoms. The van der Waals surface area contributed by atoms with E-state index in [1.807, 2.05) is 6.07 Å². The SMILES string of the molecule is N/N=C(/c1cc(-c2nc3c(s2)CNCC3)cnc1N)N(N)C/C=C/Cl. The molecule has 0 atom stereocenters. The maximum Gasteiger partial charge on any atom is 0.173 e. The lowest BCUT2D eigenvalue weighted by molar-refractivity contribution is 0.488. The van der Waals surface area contributed by atoms with E-state index in [1.54, 1.807) is 23.6 Å². The Hall–Kier alpha value is -2.20. The highest BCUT2D eigenvalue weighted by Crippen LogP contribution is 2.30. The van der Waals surface area contributed by atoms with Crippen LogP contribution in [0.15, 0.2) is 29.0 Å². The first-order chi connectivity index (χ1) is 12.1. The molecule has 1 aliphatic heterocycles. The second-order valence-corrected chi connectivity index (χ2v) is 6.77. The van der Waals surface area contributed by atoms with Gasteiger partial charge in [0.1, 0.15) is 10.8 Å². The van der Waals surface area contributed by atoms with E-state index in [1.165, 1.54) is 15.4 Å². The molecular formula is C15H19ClN8S. The second kappa shape index (κ2) is 7.79. The number of amidine groups is 1. The number of hydrogen-bond acceptors (Lipinski definition) is 8. The number of nitrogens with two attached hydrogens (primary N) is 3. The van der Waals surface area contributed by atoms with Gasteiger partial charge in [0.2, 0.25) is 0 Å². The van der Waals surface area contributed by atoms with Crippen molar-refractivity contribution in [2.45, 2.75) is 13.0 Å².